The van der Waals surface area contributed by atoms with E-state index < -0.39 is 17.5 Å². The van der Waals surface area contributed by atoms with Gasteiger partial charge in [0.2, 0.25) is 0 Å². The zero-order valence-corrected chi connectivity index (χ0v) is 15.6. The lowest BCUT2D eigenvalue weighted by atomic mass is 9.98. The van der Waals surface area contributed by atoms with Gasteiger partial charge >= 0.3 is 0 Å². The topological polar surface area (TPSA) is 47.0 Å². The van der Waals surface area contributed by atoms with Gasteiger partial charge in [-0.05, 0) is 17.7 Å². The molecule has 0 spiro atoms. The van der Waals surface area contributed by atoms with Crippen LogP contribution in [0.2, 0.25) is 20.1 Å². The molecule has 1 aromatic heterocycles. The van der Waals surface area contributed by atoms with Crippen molar-refractivity contribution in [1.82, 2.24) is 4.98 Å². The van der Waals surface area contributed by atoms with Crippen molar-refractivity contribution in [3.63, 3.8) is 0 Å². The Morgan fingerprint density at radius 2 is 1.36 bits per heavy atom. The summed E-state index contributed by atoms with van der Waals surface area (Å²) < 4.78 is 0. The van der Waals surface area contributed by atoms with Crippen molar-refractivity contribution in [2.24, 2.45) is 0 Å². The molecule has 1 heterocycles. The van der Waals surface area contributed by atoms with E-state index in [0.29, 0.717) is 5.69 Å². The molecule has 3 rings (SSSR count). The predicted octanol–water partition coefficient (Wildman–Crippen LogP) is 6.14. The van der Waals surface area contributed by atoms with Crippen molar-refractivity contribution in [3.05, 3.63) is 73.5 Å². The summed E-state index contributed by atoms with van der Waals surface area (Å²) in [6.07, 6.45) is 3.12. The van der Waals surface area contributed by atoms with Crippen LogP contribution < -0.4 is 0 Å². The van der Waals surface area contributed by atoms with E-state index in [2.05, 4.69) is 18.1 Å². The van der Waals surface area contributed by atoms with Crippen LogP contribution in [0.25, 0.3) is 12.2 Å². The summed E-state index contributed by atoms with van der Waals surface area (Å²) in [6.45, 7) is 7.36. The van der Waals surface area contributed by atoms with Gasteiger partial charge in [-0.25, -0.2) is 0 Å². The molecular formula is C18H9Cl4NO2. The second kappa shape index (κ2) is 6.58. The Bertz CT molecular complexity index is 935. The highest BCUT2D eigenvalue weighted by Crippen LogP contribution is 2.47. The Balaban J connectivity index is 2.22. The van der Waals surface area contributed by atoms with Crippen LogP contribution in [0.5, 0.6) is 0 Å². The lowest BCUT2D eigenvalue weighted by molar-refractivity contribution is 0.0888. The lowest BCUT2D eigenvalue weighted by Gasteiger charge is -2.09. The number of hydrogen-bond donors (Lipinski definition) is 0. The maximum Gasteiger partial charge on any atom is 0.182 e. The standard InChI is InChI=1S/C18H9Cl4NO2/c1-3-7-5-6-9(23-8(7)4-2)10-17(24)11-12(18(10)25)14(20)16(22)15(21)13(11)19/h3-6,10H,1-2H2. The molecule has 126 valence electrons. The number of Topliss-reactive ketones (excluding diaryl/α,β-unsaturated/α-hetero) is 2. The second-order valence-corrected chi connectivity index (χ2v) is 6.80. The van der Waals surface area contributed by atoms with Crippen molar-refractivity contribution < 1.29 is 9.59 Å². The first kappa shape index (κ1) is 18.2. The summed E-state index contributed by atoms with van der Waals surface area (Å²) in [5.74, 6) is -2.18. The van der Waals surface area contributed by atoms with E-state index in [4.69, 9.17) is 46.4 Å². The first-order valence-electron chi connectivity index (χ1n) is 7.03. The molecule has 0 fully saturated rings. The van der Waals surface area contributed by atoms with Crippen LogP contribution in [0.15, 0.2) is 25.3 Å². The van der Waals surface area contributed by atoms with Gasteiger partial charge in [0.25, 0.3) is 0 Å². The zero-order valence-electron chi connectivity index (χ0n) is 12.6. The third-order valence-corrected chi connectivity index (χ3v) is 5.77. The van der Waals surface area contributed by atoms with Crippen molar-refractivity contribution in [3.8, 4) is 0 Å². The normalized spacial score (nSPS) is 13.9. The molecule has 0 bridgehead atoms. The SMILES string of the molecule is C=Cc1ccc(C2C(=O)c3c(Cl)c(Cl)c(Cl)c(Cl)c3C2=O)nc1C=C. The Morgan fingerprint density at radius 3 is 1.80 bits per heavy atom. The van der Waals surface area contributed by atoms with Crippen LogP contribution in [0.4, 0.5) is 0 Å². The maximum absolute atomic E-state index is 12.8. The molecule has 0 radical (unpaired) electrons. The van der Waals surface area contributed by atoms with E-state index in [1.807, 2.05) is 0 Å². The monoisotopic (exact) mass is 411 g/mol. The molecule has 1 aromatic carbocycles. The highest BCUT2D eigenvalue weighted by molar-refractivity contribution is 6.55. The third kappa shape index (κ3) is 2.63. The van der Waals surface area contributed by atoms with E-state index in [9.17, 15) is 9.59 Å². The molecule has 0 N–H and O–H groups in total. The summed E-state index contributed by atoms with van der Waals surface area (Å²) in [5, 5.41) is -0.289. The number of pyridine rings is 1. The number of carbonyl (C=O) groups is 2. The van der Waals surface area contributed by atoms with Crippen LogP contribution in [-0.2, 0) is 0 Å². The number of ketones is 2. The molecule has 0 amide bonds. The molecule has 7 heteroatoms. The minimum atomic E-state index is -1.16. The average molecular weight is 413 g/mol. The molecule has 0 saturated carbocycles. The van der Waals surface area contributed by atoms with Crippen molar-refractivity contribution in [2.75, 3.05) is 0 Å². The number of fused-ring (bicyclic) bond motifs is 1. The van der Waals surface area contributed by atoms with Crippen molar-refractivity contribution >= 4 is 70.1 Å². The molecule has 1 aliphatic carbocycles. The molecule has 0 aliphatic heterocycles. The van der Waals surface area contributed by atoms with Gasteiger partial charge in [0.05, 0.1) is 42.6 Å². The number of nitrogens with zero attached hydrogens (tertiary/aromatic N) is 1. The fourth-order valence-corrected chi connectivity index (χ4v) is 3.81. The van der Waals surface area contributed by atoms with E-state index in [1.54, 1.807) is 18.2 Å². The van der Waals surface area contributed by atoms with Gasteiger partial charge < -0.3 is 0 Å². The average Bonchev–Trinajstić information content (AvgIpc) is 2.88. The van der Waals surface area contributed by atoms with Gasteiger partial charge in [0.15, 0.2) is 11.6 Å². The molecule has 3 nitrogen and oxygen atoms in total. The smallest absolute Gasteiger partial charge is 0.182 e. The Labute approximate surface area is 163 Å². The lowest BCUT2D eigenvalue weighted by Crippen LogP contribution is -2.15. The number of rotatable bonds is 3. The number of carbonyl (C=O) groups excluding carboxylic acids is 2. The third-order valence-electron chi connectivity index (χ3n) is 3.97. The summed E-state index contributed by atoms with van der Waals surface area (Å²) in [6, 6.07) is 3.29. The van der Waals surface area contributed by atoms with Gasteiger partial charge in [-0.15, -0.1) is 0 Å². The van der Waals surface area contributed by atoms with Gasteiger partial charge in [0.1, 0.15) is 5.92 Å². The van der Waals surface area contributed by atoms with E-state index in [1.165, 1.54) is 6.08 Å². The quantitative estimate of drug-likeness (QED) is 0.345. The van der Waals surface area contributed by atoms with Crippen LogP contribution in [0, 0.1) is 0 Å². The largest absolute Gasteiger partial charge is 0.293 e. The Hall–Kier alpha value is -1.65. The summed E-state index contributed by atoms with van der Waals surface area (Å²) in [5.41, 5.74) is 1.47. The minimum Gasteiger partial charge on any atom is -0.293 e. The Morgan fingerprint density at radius 1 is 0.840 bits per heavy atom. The molecular weight excluding hydrogens is 404 g/mol. The fraction of sp³-hybridized carbons (Fsp3) is 0.0556. The summed E-state index contributed by atoms with van der Waals surface area (Å²) in [4.78, 5) is 30.0. The highest BCUT2D eigenvalue weighted by Gasteiger charge is 2.45. The number of benzene rings is 1. The first-order valence-corrected chi connectivity index (χ1v) is 8.54. The van der Waals surface area contributed by atoms with Crippen LogP contribution >= 0.6 is 46.4 Å². The highest BCUT2D eigenvalue weighted by atomic mass is 35.5. The molecule has 2 aromatic rings. The molecule has 0 unspecified atom stereocenters. The fourth-order valence-electron chi connectivity index (χ4n) is 2.77. The van der Waals surface area contributed by atoms with Crippen LogP contribution in [0.1, 0.15) is 43.6 Å². The van der Waals surface area contributed by atoms with Gasteiger partial charge in [0, 0.05) is 0 Å². The minimum absolute atomic E-state index is 0.0224. The first-order chi connectivity index (χ1) is 11.8. The van der Waals surface area contributed by atoms with Gasteiger partial charge in [-0.3, -0.25) is 14.6 Å². The Kier molecular flexibility index (Phi) is 4.78. The maximum atomic E-state index is 12.8. The van der Waals surface area contributed by atoms with E-state index >= 15 is 0 Å². The van der Waals surface area contributed by atoms with E-state index in [-0.39, 0.29) is 36.9 Å². The van der Waals surface area contributed by atoms with Crippen LogP contribution in [0.3, 0.4) is 0 Å². The molecule has 1 aliphatic rings. The van der Waals surface area contributed by atoms with Crippen molar-refractivity contribution in [2.45, 2.75) is 5.92 Å². The zero-order chi connectivity index (χ0) is 18.5. The molecule has 0 atom stereocenters. The summed E-state index contributed by atoms with van der Waals surface area (Å²) >= 11 is 24.3. The van der Waals surface area contributed by atoms with Crippen molar-refractivity contribution in [1.29, 1.82) is 0 Å². The molecule has 0 saturated heterocycles. The van der Waals surface area contributed by atoms with Gasteiger partial charge in [-0.1, -0.05) is 71.7 Å². The number of aromatic nitrogens is 1. The summed E-state index contributed by atoms with van der Waals surface area (Å²) in [7, 11) is 0. The van der Waals surface area contributed by atoms with E-state index in [0.717, 1.165) is 5.56 Å². The number of halogens is 4. The second-order valence-electron chi connectivity index (χ2n) is 5.29. The predicted molar refractivity (Wildman–Crippen MR) is 102 cm³/mol. The molecule has 25 heavy (non-hydrogen) atoms. The van der Waals surface area contributed by atoms with Gasteiger partial charge in [-0.2, -0.15) is 0 Å². The number of hydrogen-bond acceptors (Lipinski definition) is 3. The van der Waals surface area contributed by atoms with Crippen LogP contribution in [-0.4, -0.2) is 16.6 Å².